The Hall–Kier alpha value is -2.08. The van der Waals surface area contributed by atoms with Gasteiger partial charge in [-0.1, -0.05) is 65.3 Å². The predicted octanol–water partition coefficient (Wildman–Crippen LogP) is 5.33. The third-order valence-electron chi connectivity index (χ3n) is 3.60. The van der Waals surface area contributed by atoms with Gasteiger partial charge in [-0.25, -0.2) is 15.0 Å². The van der Waals surface area contributed by atoms with Crippen molar-refractivity contribution in [1.29, 1.82) is 0 Å². The van der Waals surface area contributed by atoms with E-state index in [0.29, 0.717) is 16.6 Å². The van der Waals surface area contributed by atoms with Crippen LogP contribution in [0.4, 0.5) is 0 Å². The quantitative estimate of drug-likeness (QED) is 0.475. The minimum absolute atomic E-state index is 0.598. The molecule has 4 aromatic rings. The Bertz CT molecular complexity index is 1010. The lowest BCUT2D eigenvalue weighted by atomic mass is 10.2. The molecule has 0 radical (unpaired) electrons. The predicted molar refractivity (Wildman–Crippen MR) is 101 cm³/mol. The third kappa shape index (κ3) is 3.63. The second-order valence-corrected chi connectivity index (χ2v) is 7.32. The van der Waals surface area contributed by atoms with E-state index >= 15 is 0 Å². The normalized spacial score (nSPS) is 11.1. The zero-order chi connectivity index (χ0) is 17.2. The molecule has 0 saturated carbocycles. The average Bonchev–Trinajstić information content (AvgIpc) is 2.92. The van der Waals surface area contributed by atoms with Crippen LogP contribution >= 0.6 is 35.0 Å². The number of hydrogen-bond donors (Lipinski definition) is 0. The van der Waals surface area contributed by atoms with Gasteiger partial charge >= 0.3 is 0 Å². The summed E-state index contributed by atoms with van der Waals surface area (Å²) in [5.74, 6) is 0. The molecule has 4 nitrogen and oxygen atoms in total. The summed E-state index contributed by atoms with van der Waals surface area (Å²) in [6.07, 6.45) is 3.26. The lowest BCUT2D eigenvalue weighted by molar-refractivity contribution is 0.723. The van der Waals surface area contributed by atoms with E-state index in [1.807, 2.05) is 30.3 Å². The van der Waals surface area contributed by atoms with E-state index in [4.69, 9.17) is 23.2 Å². The monoisotopic (exact) mass is 386 g/mol. The number of fused-ring (bicyclic) bond motifs is 1. The highest BCUT2D eigenvalue weighted by Crippen LogP contribution is 2.33. The maximum Gasteiger partial charge on any atom is 0.175 e. The summed E-state index contributed by atoms with van der Waals surface area (Å²) in [6.45, 7) is 0.672. The Morgan fingerprint density at radius 2 is 1.76 bits per heavy atom. The molecule has 0 aliphatic heterocycles. The molecule has 25 heavy (non-hydrogen) atoms. The fourth-order valence-corrected chi connectivity index (χ4v) is 4.18. The van der Waals surface area contributed by atoms with Gasteiger partial charge in [-0.2, -0.15) is 0 Å². The van der Waals surface area contributed by atoms with Crippen LogP contribution in [-0.2, 0) is 6.54 Å². The zero-order valence-corrected chi connectivity index (χ0v) is 15.3. The molecule has 2 heterocycles. The summed E-state index contributed by atoms with van der Waals surface area (Å²) in [7, 11) is 0. The molecule has 0 aliphatic rings. The topological polar surface area (TPSA) is 43.6 Å². The molecule has 0 unspecified atom stereocenters. The van der Waals surface area contributed by atoms with Gasteiger partial charge in [-0.05, 0) is 23.8 Å². The SMILES string of the molecule is Clc1cc(Cl)cc(Sc2nc3cncnc3n2Cc2ccccc2)c1. The van der Waals surface area contributed by atoms with Crippen LogP contribution < -0.4 is 0 Å². The first kappa shape index (κ1) is 16.4. The van der Waals surface area contributed by atoms with E-state index in [9.17, 15) is 0 Å². The highest BCUT2D eigenvalue weighted by Gasteiger charge is 2.14. The summed E-state index contributed by atoms with van der Waals surface area (Å²) < 4.78 is 2.08. The average molecular weight is 387 g/mol. The van der Waals surface area contributed by atoms with E-state index < -0.39 is 0 Å². The van der Waals surface area contributed by atoms with Crippen molar-refractivity contribution in [2.75, 3.05) is 0 Å². The largest absolute Gasteiger partial charge is 0.299 e. The standard InChI is InChI=1S/C18H12Cl2N4S/c19-13-6-14(20)8-15(7-13)25-18-23-16-9-21-11-22-17(16)24(18)10-12-4-2-1-3-5-12/h1-9,11H,10H2. The van der Waals surface area contributed by atoms with E-state index in [1.165, 1.54) is 23.7 Å². The van der Waals surface area contributed by atoms with Crippen molar-refractivity contribution in [2.45, 2.75) is 16.6 Å². The molecule has 0 bridgehead atoms. The van der Waals surface area contributed by atoms with Crippen molar-refractivity contribution in [3.8, 4) is 0 Å². The van der Waals surface area contributed by atoms with Crippen molar-refractivity contribution >= 4 is 46.1 Å². The Labute approximate surface area is 158 Å². The Morgan fingerprint density at radius 3 is 2.52 bits per heavy atom. The van der Waals surface area contributed by atoms with Gasteiger partial charge in [0.05, 0.1) is 12.7 Å². The number of benzene rings is 2. The molecule has 2 aromatic carbocycles. The van der Waals surface area contributed by atoms with E-state index in [0.717, 1.165) is 21.2 Å². The van der Waals surface area contributed by atoms with Gasteiger partial charge in [0.25, 0.3) is 0 Å². The van der Waals surface area contributed by atoms with E-state index in [1.54, 1.807) is 12.3 Å². The highest BCUT2D eigenvalue weighted by molar-refractivity contribution is 7.99. The Morgan fingerprint density at radius 1 is 1.00 bits per heavy atom. The van der Waals surface area contributed by atoms with Gasteiger partial charge in [0.2, 0.25) is 0 Å². The molecule has 7 heteroatoms. The molecule has 0 aliphatic carbocycles. The summed E-state index contributed by atoms with van der Waals surface area (Å²) in [5, 5.41) is 2.01. The second-order valence-electron chi connectivity index (χ2n) is 5.40. The van der Waals surface area contributed by atoms with Crippen LogP contribution in [0.5, 0.6) is 0 Å². The molecule has 0 spiro atoms. The number of aromatic nitrogens is 4. The lowest BCUT2D eigenvalue weighted by Gasteiger charge is -2.09. The van der Waals surface area contributed by atoms with Crippen LogP contribution in [0.2, 0.25) is 10.0 Å². The van der Waals surface area contributed by atoms with Gasteiger partial charge in [-0.3, -0.25) is 4.57 Å². The number of rotatable bonds is 4. The first-order valence-corrected chi connectivity index (χ1v) is 9.10. The van der Waals surface area contributed by atoms with E-state index in [-0.39, 0.29) is 0 Å². The minimum atomic E-state index is 0.598. The maximum absolute atomic E-state index is 6.12. The fourth-order valence-electron chi connectivity index (χ4n) is 2.54. The van der Waals surface area contributed by atoms with Crippen LogP contribution in [0, 0.1) is 0 Å². The first-order chi connectivity index (χ1) is 12.2. The molecule has 0 atom stereocenters. The van der Waals surface area contributed by atoms with Crippen LogP contribution in [0.3, 0.4) is 0 Å². The molecule has 0 saturated heterocycles. The zero-order valence-electron chi connectivity index (χ0n) is 12.9. The highest BCUT2D eigenvalue weighted by atomic mass is 35.5. The maximum atomic E-state index is 6.12. The Kier molecular flexibility index (Phi) is 4.61. The molecule has 0 fully saturated rings. The molecule has 2 aromatic heterocycles. The van der Waals surface area contributed by atoms with Gasteiger partial charge < -0.3 is 0 Å². The summed E-state index contributed by atoms with van der Waals surface area (Å²) in [5.41, 5.74) is 2.73. The summed E-state index contributed by atoms with van der Waals surface area (Å²) in [4.78, 5) is 14.1. The van der Waals surface area contributed by atoms with Crippen molar-refractivity contribution in [3.63, 3.8) is 0 Å². The molecule has 0 N–H and O–H groups in total. The second kappa shape index (κ2) is 7.04. The van der Waals surface area contributed by atoms with Gasteiger partial charge in [0.15, 0.2) is 10.8 Å². The van der Waals surface area contributed by atoms with Crippen molar-refractivity contribution in [2.24, 2.45) is 0 Å². The number of hydrogen-bond acceptors (Lipinski definition) is 4. The number of nitrogens with zero attached hydrogens (tertiary/aromatic N) is 4. The van der Waals surface area contributed by atoms with Crippen molar-refractivity contribution in [1.82, 2.24) is 19.5 Å². The molecule has 4 rings (SSSR count). The number of imidazole rings is 1. The van der Waals surface area contributed by atoms with Crippen LogP contribution in [0.15, 0.2) is 71.1 Å². The van der Waals surface area contributed by atoms with Crippen LogP contribution in [0.1, 0.15) is 5.56 Å². The van der Waals surface area contributed by atoms with Gasteiger partial charge in [0, 0.05) is 14.9 Å². The molecular formula is C18H12Cl2N4S. The lowest BCUT2D eigenvalue weighted by Crippen LogP contribution is -2.02. The van der Waals surface area contributed by atoms with Crippen LogP contribution in [0.25, 0.3) is 11.2 Å². The summed E-state index contributed by atoms with van der Waals surface area (Å²) >= 11 is 13.7. The Balaban J connectivity index is 1.78. The molecule has 0 amide bonds. The third-order valence-corrected chi connectivity index (χ3v) is 5.01. The van der Waals surface area contributed by atoms with E-state index in [2.05, 4.69) is 31.7 Å². The first-order valence-electron chi connectivity index (χ1n) is 7.53. The smallest absolute Gasteiger partial charge is 0.175 e. The van der Waals surface area contributed by atoms with Crippen molar-refractivity contribution < 1.29 is 0 Å². The molecular weight excluding hydrogens is 375 g/mol. The van der Waals surface area contributed by atoms with Gasteiger partial charge in [0.1, 0.15) is 11.8 Å². The molecule has 124 valence electrons. The fraction of sp³-hybridized carbons (Fsp3) is 0.0556. The minimum Gasteiger partial charge on any atom is -0.299 e. The van der Waals surface area contributed by atoms with Crippen molar-refractivity contribution in [3.05, 3.63) is 76.7 Å². The summed E-state index contributed by atoms with van der Waals surface area (Å²) in [6, 6.07) is 15.7. The number of halogens is 2. The van der Waals surface area contributed by atoms with Gasteiger partial charge in [-0.15, -0.1) is 0 Å². The van der Waals surface area contributed by atoms with Crippen LogP contribution in [-0.4, -0.2) is 19.5 Å².